The zero-order valence-corrected chi connectivity index (χ0v) is 13.0. The molecule has 1 atom stereocenters. The van der Waals surface area contributed by atoms with Crippen LogP contribution in [0.15, 0.2) is 24.3 Å². The molecule has 0 bridgehead atoms. The topological polar surface area (TPSA) is 57.6 Å². The van der Waals surface area contributed by atoms with Crippen LogP contribution in [0, 0.1) is 0 Å². The Morgan fingerprint density at radius 1 is 1.32 bits per heavy atom. The number of carbonyl (C=O) groups is 2. The number of hydrogen-bond acceptors (Lipinski definition) is 2. The van der Waals surface area contributed by atoms with E-state index in [9.17, 15) is 14.7 Å². The Morgan fingerprint density at radius 2 is 2.00 bits per heavy atom. The highest BCUT2D eigenvalue weighted by atomic mass is 16.4. The summed E-state index contributed by atoms with van der Waals surface area (Å²) in [5.41, 5.74) is 0.755. The summed E-state index contributed by atoms with van der Waals surface area (Å²) in [5.74, 6) is -1.38. The number of nitrogens with zero attached hydrogens (tertiary/aromatic N) is 1. The van der Waals surface area contributed by atoms with Crippen molar-refractivity contribution in [3.8, 4) is 0 Å². The molecule has 1 amide bonds. The first-order valence-electron chi connectivity index (χ1n) is 8.25. The fourth-order valence-corrected chi connectivity index (χ4v) is 4.29. The fourth-order valence-electron chi connectivity index (χ4n) is 4.29. The monoisotopic (exact) mass is 301 g/mol. The van der Waals surface area contributed by atoms with Crippen molar-refractivity contribution in [3.05, 3.63) is 35.4 Å². The van der Waals surface area contributed by atoms with Crippen molar-refractivity contribution in [1.82, 2.24) is 4.90 Å². The van der Waals surface area contributed by atoms with E-state index in [2.05, 4.69) is 6.92 Å². The third-order valence-corrected chi connectivity index (χ3v) is 5.27. The Bertz CT molecular complexity index is 590. The lowest BCUT2D eigenvalue weighted by molar-refractivity contribution is -0.143. The highest BCUT2D eigenvalue weighted by Gasteiger charge is 2.55. The number of unbranched alkanes of at least 4 members (excludes halogenated alkanes) is 1. The summed E-state index contributed by atoms with van der Waals surface area (Å²) in [7, 11) is 0. The van der Waals surface area contributed by atoms with Crippen molar-refractivity contribution in [2.45, 2.75) is 56.9 Å². The molecule has 4 heteroatoms. The molecule has 1 heterocycles. The van der Waals surface area contributed by atoms with Crippen molar-refractivity contribution in [1.29, 1.82) is 0 Å². The minimum absolute atomic E-state index is 0.0171. The van der Waals surface area contributed by atoms with Gasteiger partial charge in [-0.3, -0.25) is 9.59 Å². The zero-order chi connectivity index (χ0) is 15.7. The van der Waals surface area contributed by atoms with Gasteiger partial charge >= 0.3 is 5.97 Å². The van der Waals surface area contributed by atoms with Crippen molar-refractivity contribution in [3.63, 3.8) is 0 Å². The first kappa shape index (κ1) is 15.1. The van der Waals surface area contributed by atoms with Gasteiger partial charge in [-0.1, -0.05) is 44.4 Å². The first-order chi connectivity index (χ1) is 10.6. The lowest BCUT2D eigenvalue weighted by atomic mass is 9.71. The predicted octanol–water partition coefficient (Wildman–Crippen LogP) is 3.42. The van der Waals surface area contributed by atoms with E-state index in [1.54, 1.807) is 6.07 Å². The Labute approximate surface area is 131 Å². The second-order valence-corrected chi connectivity index (χ2v) is 6.48. The van der Waals surface area contributed by atoms with Gasteiger partial charge in [0.1, 0.15) is 5.92 Å². The maximum atomic E-state index is 13.0. The largest absolute Gasteiger partial charge is 0.481 e. The molecule has 118 valence electrons. The average Bonchev–Trinajstić information content (AvgIpc) is 2.97. The molecule has 3 rings (SSSR count). The lowest BCUT2D eigenvalue weighted by Gasteiger charge is -2.49. The maximum Gasteiger partial charge on any atom is 0.313 e. The van der Waals surface area contributed by atoms with Crippen molar-refractivity contribution in [2.75, 3.05) is 6.54 Å². The number of carboxylic acids is 1. The van der Waals surface area contributed by atoms with Crippen molar-refractivity contribution < 1.29 is 14.7 Å². The van der Waals surface area contributed by atoms with Gasteiger partial charge in [0.25, 0.3) is 5.91 Å². The average molecular weight is 301 g/mol. The summed E-state index contributed by atoms with van der Waals surface area (Å²) in [4.78, 5) is 26.9. The molecule has 1 saturated carbocycles. The number of aliphatic carboxylic acids is 1. The zero-order valence-electron chi connectivity index (χ0n) is 13.0. The van der Waals surface area contributed by atoms with Crippen molar-refractivity contribution in [2.24, 2.45) is 0 Å². The Balaban J connectivity index is 2.15. The highest BCUT2D eigenvalue weighted by Crippen LogP contribution is 2.50. The van der Waals surface area contributed by atoms with Gasteiger partial charge in [-0.25, -0.2) is 0 Å². The number of rotatable bonds is 4. The van der Waals surface area contributed by atoms with Crippen LogP contribution in [0.25, 0.3) is 0 Å². The van der Waals surface area contributed by atoms with Crippen LogP contribution < -0.4 is 0 Å². The molecule has 22 heavy (non-hydrogen) atoms. The molecule has 0 aromatic heterocycles. The molecule has 4 nitrogen and oxygen atoms in total. The fraction of sp³-hybridized carbons (Fsp3) is 0.556. The molecule has 0 radical (unpaired) electrons. The van der Waals surface area contributed by atoms with E-state index in [-0.39, 0.29) is 5.91 Å². The predicted molar refractivity (Wildman–Crippen MR) is 84.0 cm³/mol. The molecule has 1 N–H and O–H groups in total. The number of fused-ring (bicyclic) bond motifs is 1. The van der Waals surface area contributed by atoms with Crippen LogP contribution in [0.2, 0.25) is 0 Å². The molecule has 1 spiro atoms. The van der Waals surface area contributed by atoms with Crippen LogP contribution in [0.4, 0.5) is 0 Å². The summed E-state index contributed by atoms with van der Waals surface area (Å²) >= 11 is 0. The molecule has 2 aliphatic rings. The van der Waals surface area contributed by atoms with Crippen molar-refractivity contribution >= 4 is 11.9 Å². The van der Waals surface area contributed by atoms with Gasteiger partial charge in [0.15, 0.2) is 0 Å². The summed E-state index contributed by atoms with van der Waals surface area (Å²) in [6.07, 6.45) is 5.52. The van der Waals surface area contributed by atoms with E-state index in [1.807, 2.05) is 23.1 Å². The molecular formula is C18H23NO3. The van der Waals surface area contributed by atoms with Gasteiger partial charge in [-0.05, 0) is 30.9 Å². The number of benzene rings is 1. The number of carbonyl (C=O) groups excluding carboxylic acids is 1. The van der Waals surface area contributed by atoms with Gasteiger partial charge in [0.05, 0.1) is 5.54 Å². The molecular weight excluding hydrogens is 278 g/mol. The van der Waals surface area contributed by atoms with Gasteiger partial charge < -0.3 is 10.0 Å². The summed E-state index contributed by atoms with van der Waals surface area (Å²) in [5, 5.41) is 9.90. The van der Waals surface area contributed by atoms with Crippen LogP contribution in [0.1, 0.15) is 67.3 Å². The molecule has 1 aliphatic carbocycles. The van der Waals surface area contributed by atoms with Crippen LogP contribution >= 0.6 is 0 Å². The smallest absolute Gasteiger partial charge is 0.313 e. The van der Waals surface area contributed by atoms with Crippen LogP contribution in [0.3, 0.4) is 0 Å². The summed E-state index contributed by atoms with van der Waals surface area (Å²) in [6.45, 7) is 2.76. The van der Waals surface area contributed by atoms with E-state index in [0.717, 1.165) is 38.5 Å². The minimum Gasteiger partial charge on any atom is -0.481 e. The Kier molecular flexibility index (Phi) is 3.94. The molecule has 1 aromatic carbocycles. The highest BCUT2D eigenvalue weighted by molar-refractivity contribution is 6.01. The van der Waals surface area contributed by atoms with Gasteiger partial charge in [-0.15, -0.1) is 0 Å². The Hall–Kier alpha value is -1.84. The molecule has 1 fully saturated rings. The molecule has 0 unspecified atom stereocenters. The third-order valence-electron chi connectivity index (χ3n) is 5.27. The van der Waals surface area contributed by atoms with Gasteiger partial charge in [0.2, 0.25) is 0 Å². The van der Waals surface area contributed by atoms with E-state index >= 15 is 0 Å². The molecule has 0 saturated heterocycles. The normalized spacial score (nSPS) is 22.9. The van der Waals surface area contributed by atoms with Crippen LogP contribution in [0.5, 0.6) is 0 Å². The minimum atomic E-state index is -0.802. The number of carboxylic acid groups (broad SMARTS) is 1. The standard InChI is InChI=1S/C18H23NO3/c1-2-3-12-19-16(20)14-9-5-4-8-13(14)15(17(21)22)18(19)10-6-7-11-18/h4-5,8-9,15H,2-3,6-7,10-12H2,1H3,(H,21,22)/t15-/m1/s1. The molecule has 1 aromatic rings. The second kappa shape index (κ2) is 5.75. The van der Waals surface area contributed by atoms with E-state index < -0.39 is 17.4 Å². The van der Waals surface area contributed by atoms with Gasteiger partial charge in [0, 0.05) is 12.1 Å². The maximum absolute atomic E-state index is 13.0. The SMILES string of the molecule is CCCCN1C(=O)c2ccccc2[C@H](C(=O)O)C12CCCC2. The van der Waals surface area contributed by atoms with E-state index in [1.165, 1.54) is 0 Å². The Morgan fingerprint density at radius 3 is 2.64 bits per heavy atom. The number of hydrogen-bond donors (Lipinski definition) is 1. The first-order valence-corrected chi connectivity index (χ1v) is 8.25. The summed E-state index contributed by atoms with van der Waals surface area (Å²) in [6, 6.07) is 7.25. The lowest BCUT2D eigenvalue weighted by Crippen LogP contribution is -2.59. The second-order valence-electron chi connectivity index (χ2n) is 6.48. The van der Waals surface area contributed by atoms with Crippen LogP contribution in [-0.2, 0) is 4.79 Å². The quantitative estimate of drug-likeness (QED) is 0.927. The summed E-state index contributed by atoms with van der Waals surface area (Å²) < 4.78 is 0. The molecule has 1 aliphatic heterocycles. The third kappa shape index (κ3) is 2.13. The van der Waals surface area contributed by atoms with E-state index in [0.29, 0.717) is 17.7 Å². The number of amides is 1. The van der Waals surface area contributed by atoms with E-state index in [4.69, 9.17) is 0 Å². The van der Waals surface area contributed by atoms with Gasteiger partial charge in [-0.2, -0.15) is 0 Å². The van der Waals surface area contributed by atoms with Crippen LogP contribution in [-0.4, -0.2) is 34.0 Å².